The summed E-state index contributed by atoms with van der Waals surface area (Å²) < 4.78 is 13.7. The van der Waals surface area contributed by atoms with Gasteiger partial charge in [-0.1, -0.05) is 18.9 Å². The van der Waals surface area contributed by atoms with Crippen molar-refractivity contribution in [2.24, 2.45) is 5.73 Å². The summed E-state index contributed by atoms with van der Waals surface area (Å²) in [5.74, 6) is -0.316. The van der Waals surface area contributed by atoms with Crippen LogP contribution in [0.3, 0.4) is 0 Å². The number of nitrogens with zero attached hydrogens (tertiary/aromatic N) is 1. The lowest BCUT2D eigenvalue weighted by atomic mass is 9.98. The summed E-state index contributed by atoms with van der Waals surface area (Å²) in [7, 11) is 3.79. The summed E-state index contributed by atoms with van der Waals surface area (Å²) in [5.41, 5.74) is 6.92. The van der Waals surface area contributed by atoms with Gasteiger partial charge >= 0.3 is 0 Å². The van der Waals surface area contributed by atoms with Crippen molar-refractivity contribution in [2.45, 2.75) is 44.3 Å². The van der Waals surface area contributed by atoms with Gasteiger partial charge in [0, 0.05) is 18.7 Å². The number of benzene rings is 1. The molecule has 1 fully saturated rings. The van der Waals surface area contributed by atoms with Crippen LogP contribution >= 0.6 is 0 Å². The normalized spacial score (nSPS) is 17.2. The van der Waals surface area contributed by atoms with Gasteiger partial charge in [-0.25, -0.2) is 4.39 Å². The molecule has 1 aromatic carbocycles. The minimum Gasteiger partial charge on any atom is -0.350 e. The highest BCUT2D eigenvalue weighted by Crippen LogP contribution is 2.27. The molecule has 0 heterocycles. The second-order valence-corrected chi connectivity index (χ2v) is 6.21. The molecule has 0 bridgehead atoms. The molecule has 5 heteroatoms. The summed E-state index contributed by atoms with van der Waals surface area (Å²) in [4.78, 5) is 14.1. The molecule has 1 aliphatic rings. The molecule has 0 atom stereocenters. The number of carbonyl (C=O) groups is 1. The predicted molar refractivity (Wildman–Crippen MR) is 81.0 cm³/mol. The van der Waals surface area contributed by atoms with E-state index in [1.54, 1.807) is 12.1 Å². The fraction of sp³-hybridized carbons (Fsp3) is 0.562. The molecule has 116 valence electrons. The number of hydrogen-bond donors (Lipinski definition) is 2. The van der Waals surface area contributed by atoms with Crippen LogP contribution < -0.4 is 11.1 Å². The van der Waals surface area contributed by atoms with Crippen LogP contribution in [0.25, 0.3) is 0 Å². The topological polar surface area (TPSA) is 58.4 Å². The first-order chi connectivity index (χ1) is 9.90. The summed E-state index contributed by atoms with van der Waals surface area (Å²) in [6, 6.07) is 4.95. The lowest BCUT2D eigenvalue weighted by Gasteiger charge is -2.22. The average Bonchev–Trinajstić information content (AvgIpc) is 2.87. The molecule has 0 spiro atoms. The first kappa shape index (κ1) is 15.9. The van der Waals surface area contributed by atoms with Crippen molar-refractivity contribution in [1.29, 1.82) is 0 Å². The highest BCUT2D eigenvalue weighted by Gasteiger charge is 2.36. The monoisotopic (exact) mass is 293 g/mol. The van der Waals surface area contributed by atoms with E-state index in [9.17, 15) is 9.18 Å². The summed E-state index contributed by atoms with van der Waals surface area (Å²) in [5, 5.41) is 2.88. The van der Waals surface area contributed by atoms with E-state index < -0.39 is 5.54 Å². The molecule has 1 amide bonds. The van der Waals surface area contributed by atoms with Gasteiger partial charge in [0.25, 0.3) is 0 Å². The second-order valence-electron chi connectivity index (χ2n) is 6.21. The first-order valence-electron chi connectivity index (χ1n) is 7.40. The molecule has 0 radical (unpaired) electrons. The van der Waals surface area contributed by atoms with Crippen molar-refractivity contribution in [1.82, 2.24) is 10.2 Å². The predicted octanol–water partition coefficient (Wildman–Crippen LogP) is 1.77. The Kier molecular flexibility index (Phi) is 4.96. The number of carbonyl (C=O) groups excluding carboxylic acids is 1. The van der Waals surface area contributed by atoms with Crippen LogP contribution in [0.2, 0.25) is 0 Å². The summed E-state index contributed by atoms with van der Waals surface area (Å²) >= 11 is 0. The van der Waals surface area contributed by atoms with Gasteiger partial charge < -0.3 is 16.0 Å². The number of nitrogens with two attached hydrogens (primary N) is 1. The van der Waals surface area contributed by atoms with E-state index in [-0.39, 0.29) is 11.7 Å². The third-order valence-electron chi connectivity index (χ3n) is 4.00. The SMILES string of the molecule is CN(C)Cc1cc(CNC(=O)C2(N)CCCC2)ccc1F. The van der Waals surface area contributed by atoms with Gasteiger partial charge in [0.2, 0.25) is 5.91 Å². The number of nitrogens with one attached hydrogen (secondary N) is 1. The highest BCUT2D eigenvalue weighted by molar-refractivity contribution is 5.86. The fourth-order valence-corrected chi connectivity index (χ4v) is 2.79. The van der Waals surface area contributed by atoms with Crippen molar-refractivity contribution < 1.29 is 9.18 Å². The number of hydrogen-bond acceptors (Lipinski definition) is 3. The molecule has 21 heavy (non-hydrogen) atoms. The minimum atomic E-state index is -0.716. The van der Waals surface area contributed by atoms with Crippen LogP contribution in [0.4, 0.5) is 4.39 Å². The van der Waals surface area contributed by atoms with Gasteiger partial charge in [0.15, 0.2) is 0 Å². The van der Waals surface area contributed by atoms with Crippen LogP contribution in [0, 0.1) is 5.82 Å². The molecule has 0 aliphatic heterocycles. The zero-order valence-corrected chi connectivity index (χ0v) is 12.8. The molecule has 4 nitrogen and oxygen atoms in total. The molecule has 0 aromatic heterocycles. The van der Waals surface area contributed by atoms with Crippen molar-refractivity contribution in [2.75, 3.05) is 14.1 Å². The first-order valence-corrected chi connectivity index (χ1v) is 7.40. The van der Waals surface area contributed by atoms with E-state index in [4.69, 9.17) is 5.73 Å². The molecule has 0 unspecified atom stereocenters. The molecule has 1 saturated carbocycles. The lowest BCUT2D eigenvalue weighted by molar-refractivity contribution is -0.126. The van der Waals surface area contributed by atoms with Crippen LogP contribution in [0.5, 0.6) is 0 Å². The Hall–Kier alpha value is -1.46. The third kappa shape index (κ3) is 4.02. The maximum absolute atomic E-state index is 13.7. The Bertz CT molecular complexity index is 510. The summed E-state index contributed by atoms with van der Waals surface area (Å²) in [6.07, 6.45) is 3.50. The van der Waals surface area contributed by atoms with Crippen molar-refractivity contribution >= 4 is 5.91 Å². The minimum absolute atomic E-state index is 0.0986. The second kappa shape index (κ2) is 6.54. The standard InChI is InChI=1S/C16H24FN3O/c1-20(2)11-13-9-12(5-6-14(13)17)10-19-15(21)16(18)7-3-4-8-16/h5-6,9H,3-4,7-8,10-11,18H2,1-2H3,(H,19,21). The third-order valence-corrected chi connectivity index (χ3v) is 4.00. The molecular formula is C16H24FN3O. The maximum Gasteiger partial charge on any atom is 0.240 e. The van der Waals surface area contributed by atoms with Crippen molar-refractivity contribution in [3.05, 3.63) is 35.1 Å². The van der Waals surface area contributed by atoms with Crippen molar-refractivity contribution in [3.63, 3.8) is 0 Å². The Balaban J connectivity index is 1.98. The van der Waals surface area contributed by atoms with Gasteiger partial charge in [-0.15, -0.1) is 0 Å². The smallest absolute Gasteiger partial charge is 0.240 e. The molecule has 1 aliphatic carbocycles. The van der Waals surface area contributed by atoms with E-state index in [0.29, 0.717) is 18.7 Å². The maximum atomic E-state index is 13.7. The Morgan fingerprint density at radius 1 is 1.38 bits per heavy atom. The molecular weight excluding hydrogens is 269 g/mol. The molecule has 3 N–H and O–H groups in total. The van der Waals surface area contributed by atoms with E-state index >= 15 is 0 Å². The molecule has 1 aromatic rings. The van der Waals surface area contributed by atoms with Gasteiger partial charge in [-0.2, -0.15) is 0 Å². The zero-order chi connectivity index (χ0) is 15.5. The number of halogens is 1. The fourth-order valence-electron chi connectivity index (χ4n) is 2.79. The van der Waals surface area contributed by atoms with Crippen LogP contribution in [-0.4, -0.2) is 30.4 Å². The van der Waals surface area contributed by atoms with E-state index in [2.05, 4.69) is 5.32 Å². The van der Waals surface area contributed by atoms with Gasteiger partial charge in [0.05, 0.1) is 5.54 Å². The Morgan fingerprint density at radius 3 is 2.67 bits per heavy atom. The zero-order valence-electron chi connectivity index (χ0n) is 12.8. The van der Waals surface area contributed by atoms with E-state index in [0.717, 1.165) is 31.2 Å². The summed E-state index contributed by atoms with van der Waals surface area (Å²) in [6.45, 7) is 0.924. The van der Waals surface area contributed by atoms with Crippen LogP contribution in [0.1, 0.15) is 36.8 Å². The van der Waals surface area contributed by atoms with Gasteiger partial charge in [-0.3, -0.25) is 4.79 Å². The largest absolute Gasteiger partial charge is 0.350 e. The van der Waals surface area contributed by atoms with E-state index in [1.807, 2.05) is 19.0 Å². The average molecular weight is 293 g/mol. The lowest BCUT2D eigenvalue weighted by Crippen LogP contribution is -2.51. The van der Waals surface area contributed by atoms with E-state index in [1.165, 1.54) is 6.07 Å². The number of rotatable bonds is 5. The van der Waals surface area contributed by atoms with Gasteiger partial charge in [-0.05, 0) is 44.6 Å². The highest BCUT2D eigenvalue weighted by atomic mass is 19.1. The molecule has 2 rings (SSSR count). The quantitative estimate of drug-likeness (QED) is 0.870. The van der Waals surface area contributed by atoms with Crippen molar-refractivity contribution in [3.8, 4) is 0 Å². The number of amides is 1. The Labute approximate surface area is 125 Å². The van der Waals surface area contributed by atoms with Crippen LogP contribution in [-0.2, 0) is 17.9 Å². The Morgan fingerprint density at radius 2 is 2.05 bits per heavy atom. The molecule has 0 saturated heterocycles. The van der Waals surface area contributed by atoms with Crippen LogP contribution in [0.15, 0.2) is 18.2 Å². The van der Waals surface area contributed by atoms with Gasteiger partial charge in [0.1, 0.15) is 5.82 Å².